The molecule has 1 rings (SSSR count). The first kappa shape index (κ1) is 17.0. The predicted octanol–water partition coefficient (Wildman–Crippen LogP) is 2.84. The molecule has 102 valence electrons. The van der Waals surface area contributed by atoms with E-state index < -0.39 is 35.1 Å². The Kier molecular flexibility index (Phi) is 5.45. The van der Waals surface area contributed by atoms with E-state index in [1.54, 1.807) is 0 Å². The second kappa shape index (κ2) is 5.77. The summed E-state index contributed by atoms with van der Waals surface area (Å²) in [5.74, 6) is -2.42. The van der Waals surface area contributed by atoms with Crippen LogP contribution in [0.4, 0.5) is 13.2 Å². The van der Waals surface area contributed by atoms with Crippen molar-refractivity contribution in [3.8, 4) is 5.75 Å². The fraction of sp³-hybridized carbons (Fsp3) is 0.222. The molecule has 0 amide bonds. The molecule has 0 bridgehead atoms. The standard InChI is InChI=1S/C9H7BrF3NO3.ClH/c10-4-2-1-3(8(16)17)5(6(4)15)7(14)9(11,12)13;/h1-2,7,15H,14H2,(H,16,17);1H/t7-;/m0./s1. The van der Waals surface area contributed by atoms with Crippen molar-refractivity contribution in [2.45, 2.75) is 12.2 Å². The first-order valence-corrected chi connectivity index (χ1v) is 5.02. The normalized spacial score (nSPS) is 12.7. The molecule has 1 atom stereocenters. The van der Waals surface area contributed by atoms with Crippen LogP contribution in [0.3, 0.4) is 0 Å². The van der Waals surface area contributed by atoms with Gasteiger partial charge in [0.2, 0.25) is 0 Å². The topological polar surface area (TPSA) is 83.6 Å². The zero-order valence-electron chi connectivity index (χ0n) is 8.53. The first-order chi connectivity index (χ1) is 7.66. The van der Waals surface area contributed by atoms with Gasteiger partial charge in [-0.2, -0.15) is 13.2 Å². The minimum atomic E-state index is -4.84. The molecule has 4 N–H and O–H groups in total. The quantitative estimate of drug-likeness (QED) is 0.766. The van der Waals surface area contributed by atoms with Crippen LogP contribution in [-0.2, 0) is 0 Å². The van der Waals surface area contributed by atoms with Gasteiger partial charge in [0.15, 0.2) is 0 Å². The van der Waals surface area contributed by atoms with Crippen LogP contribution in [0.5, 0.6) is 5.75 Å². The summed E-state index contributed by atoms with van der Waals surface area (Å²) in [4.78, 5) is 10.8. The third kappa shape index (κ3) is 3.27. The number of carbonyl (C=O) groups is 1. The second-order valence-electron chi connectivity index (χ2n) is 3.18. The summed E-state index contributed by atoms with van der Waals surface area (Å²) in [6, 6.07) is -0.496. The molecule has 1 aromatic rings. The van der Waals surface area contributed by atoms with E-state index in [-0.39, 0.29) is 16.9 Å². The van der Waals surface area contributed by atoms with Crippen LogP contribution < -0.4 is 5.73 Å². The van der Waals surface area contributed by atoms with E-state index in [0.717, 1.165) is 12.1 Å². The van der Waals surface area contributed by atoms with E-state index in [1.807, 2.05) is 0 Å². The molecular formula is C9H8BrClF3NO3. The van der Waals surface area contributed by atoms with Crippen molar-refractivity contribution in [1.82, 2.24) is 0 Å². The fourth-order valence-corrected chi connectivity index (χ4v) is 1.59. The molecule has 0 fully saturated rings. The van der Waals surface area contributed by atoms with E-state index in [1.165, 1.54) is 0 Å². The Morgan fingerprint density at radius 3 is 2.28 bits per heavy atom. The van der Waals surface area contributed by atoms with Gasteiger partial charge in [0, 0.05) is 5.56 Å². The van der Waals surface area contributed by atoms with E-state index in [9.17, 15) is 23.1 Å². The van der Waals surface area contributed by atoms with E-state index in [4.69, 9.17) is 10.8 Å². The van der Waals surface area contributed by atoms with Crippen LogP contribution in [-0.4, -0.2) is 22.4 Å². The van der Waals surface area contributed by atoms with Crippen molar-refractivity contribution in [3.05, 3.63) is 27.7 Å². The maximum absolute atomic E-state index is 12.4. The highest BCUT2D eigenvalue weighted by molar-refractivity contribution is 9.10. The molecule has 18 heavy (non-hydrogen) atoms. The number of phenols is 1. The number of halogens is 5. The van der Waals surface area contributed by atoms with Crippen molar-refractivity contribution in [3.63, 3.8) is 0 Å². The smallest absolute Gasteiger partial charge is 0.407 e. The fourth-order valence-electron chi connectivity index (χ4n) is 1.25. The molecule has 0 radical (unpaired) electrons. The molecule has 0 aliphatic carbocycles. The predicted molar refractivity (Wildman–Crippen MR) is 63.0 cm³/mol. The zero-order valence-corrected chi connectivity index (χ0v) is 10.9. The highest BCUT2D eigenvalue weighted by Gasteiger charge is 2.41. The summed E-state index contributed by atoms with van der Waals surface area (Å²) in [7, 11) is 0. The average molecular weight is 351 g/mol. The van der Waals surface area contributed by atoms with Crippen molar-refractivity contribution in [2.24, 2.45) is 5.73 Å². The molecule has 0 aliphatic rings. The van der Waals surface area contributed by atoms with Crippen molar-refractivity contribution < 1.29 is 28.2 Å². The largest absolute Gasteiger partial charge is 0.506 e. The lowest BCUT2D eigenvalue weighted by atomic mass is 9.99. The van der Waals surface area contributed by atoms with Crippen LogP contribution in [0.2, 0.25) is 0 Å². The Labute approximate surface area is 114 Å². The minimum Gasteiger partial charge on any atom is -0.506 e. The molecule has 0 heterocycles. The van der Waals surface area contributed by atoms with Crippen LogP contribution in [0, 0.1) is 0 Å². The summed E-state index contributed by atoms with van der Waals surface area (Å²) in [6.07, 6.45) is -4.84. The number of aromatic hydroxyl groups is 1. The number of aromatic carboxylic acids is 1. The lowest BCUT2D eigenvalue weighted by Crippen LogP contribution is -2.30. The molecule has 4 nitrogen and oxygen atoms in total. The summed E-state index contributed by atoms with van der Waals surface area (Å²) < 4.78 is 37.3. The van der Waals surface area contributed by atoms with Crippen LogP contribution in [0.1, 0.15) is 22.0 Å². The molecule has 9 heteroatoms. The highest BCUT2D eigenvalue weighted by atomic mass is 79.9. The number of alkyl halides is 3. The lowest BCUT2D eigenvalue weighted by Gasteiger charge is -2.19. The molecular weight excluding hydrogens is 342 g/mol. The number of hydrogen-bond donors (Lipinski definition) is 3. The monoisotopic (exact) mass is 349 g/mol. The van der Waals surface area contributed by atoms with Gasteiger partial charge in [0.1, 0.15) is 11.8 Å². The Bertz CT molecular complexity index is 467. The Balaban J connectivity index is 0.00000289. The summed E-state index contributed by atoms with van der Waals surface area (Å²) in [5.41, 5.74) is 3.36. The number of nitrogens with two attached hydrogens (primary N) is 1. The maximum atomic E-state index is 12.4. The van der Waals surface area contributed by atoms with Gasteiger partial charge in [-0.3, -0.25) is 0 Å². The third-order valence-electron chi connectivity index (χ3n) is 2.06. The summed E-state index contributed by atoms with van der Waals surface area (Å²) in [5, 5.41) is 18.2. The first-order valence-electron chi connectivity index (χ1n) is 4.23. The maximum Gasteiger partial charge on any atom is 0.407 e. The van der Waals surface area contributed by atoms with E-state index in [0.29, 0.717) is 0 Å². The number of phenolic OH excluding ortho intramolecular Hbond substituents is 1. The highest BCUT2D eigenvalue weighted by Crippen LogP contribution is 2.40. The molecule has 0 spiro atoms. The van der Waals surface area contributed by atoms with Crippen LogP contribution in [0.15, 0.2) is 16.6 Å². The van der Waals surface area contributed by atoms with Crippen molar-refractivity contribution in [2.75, 3.05) is 0 Å². The molecule has 0 aromatic heterocycles. The average Bonchev–Trinajstić information content (AvgIpc) is 2.19. The molecule has 1 aromatic carbocycles. The van der Waals surface area contributed by atoms with Gasteiger partial charge in [-0.25, -0.2) is 4.79 Å². The Morgan fingerprint density at radius 1 is 1.39 bits per heavy atom. The van der Waals surface area contributed by atoms with Gasteiger partial charge < -0.3 is 15.9 Å². The van der Waals surface area contributed by atoms with Gasteiger partial charge in [0.25, 0.3) is 0 Å². The van der Waals surface area contributed by atoms with Gasteiger partial charge in [0.05, 0.1) is 10.0 Å². The number of carboxylic acids is 1. The Hall–Kier alpha value is -0.990. The molecule has 0 saturated heterocycles. The van der Waals surface area contributed by atoms with Crippen LogP contribution in [0.25, 0.3) is 0 Å². The van der Waals surface area contributed by atoms with Gasteiger partial charge in [-0.15, -0.1) is 12.4 Å². The Morgan fingerprint density at radius 2 is 1.89 bits per heavy atom. The zero-order chi connectivity index (χ0) is 13.4. The minimum absolute atomic E-state index is 0. The van der Waals surface area contributed by atoms with Gasteiger partial charge in [-0.05, 0) is 28.1 Å². The molecule has 0 unspecified atom stereocenters. The number of benzene rings is 1. The van der Waals surface area contributed by atoms with E-state index >= 15 is 0 Å². The summed E-state index contributed by atoms with van der Waals surface area (Å²) in [6.45, 7) is 0. The third-order valence-corrected chi connectivity index (χ3v) is 2.70. The van der Waals surface area contributed by atoms with Crippen molar-refractivity contribution in [1.29, 1.82) is 0 Å². The van der Waals surface area contributed by atoms with Gasteiger partial charge >= 0.3 is 12.1 Å². The number of hydrogen-bond acceptors (Lipinski definition) is 3. The SMILES string of the molecule is Cl.N[C@@H](c1c(C(=O)O)ccc(Br)c1O)C(F)(F)F. The molecule has 0 aliphatic heterocycles. The van der Waals surface area contributed by atoms with E-state index in [2.05, 4.69) is 15.9 Å². The van der Waals surface area contributed by atoms with Crippen LogP contribution >= 0.6 is 28.3 Å². The number of carboxylic acid groups (broad SMARTS) is 1. The molecule has 0 saturated carbocycles. The van der Waals surface area contributed by atoms with Crippen molar-refractivity contribution >= 4 is 34.3 Å². The second-order valence-corrected chi connectivity index (χ2v) is 4.04. The number of rotatable bonds is 2. The van der Waals surface area contributed by atoms with Gasteiger partial charge in [-0.1, -0.05) is 0 Å². The lowest BCUT2D eigenvalue weighted by molar-refractivity contribution is -0.149. The summed E-state index contributed by atoms with van der Waals surface area (Å²) >= 11 is 2.80.